The summed E-state index contributed by atoms with van der Waals surface area (Å²) in [5, 5.41) is 0. The molecule has 2 aromatic heterocycles. The third-order valence-electron chi connectivity index (χ3n) is 2.94. The molecule has 0 saturated heterocycles. The van der Waals surface area contributed by atoms with E-state index in [9.17, 15) is 0 Å². The van der Waals surface area contributed by atoms with Crippen LogP contribution in [0, 0.1) is 6.92 Å². The molecule has 0 aliphatic carbocycles. The third kappa shape index (κ3) is 1.53. The smallest absolute Gasteiger partial charge is 0.182 e. The molecule has 0 fully saturated rings. The van der Waals surface area contributed by atoms with Gasteiger partial charge in [0.25, 0.3) is 0 Å². The lowest BCUT2D eigenvalue weighted by molar-refractivity contribution is 0.598. The summed E-state index contributed by atoms with van der Waals surface area (Å²) >= 11 is 0. The Morgan fingerprint density at radius 3 is 2.88 bits per heavy atom. The fourth-order valence-corrected chi connectivity index (χ4v) is 2.06. The molecule has 3 aromatic rings. The molecule has 0 aliphatic heterocycles. The standard InChI is InChI=1S/C13H13N3O/c1-3-9-4-5-10(11-6-14-8(2)16-11)12-13(9)17-7-15-12/h4-7H,3H2,1-2H3,(H,14,16). The SMILES string of the molecule is CCc1ccc(-c2cnc(C)[nH]2)c2ncoc12. The van der Waals surface area contributed by atoms with Crippen LogP contribution in [0.1, 0.15) is 18.3 Å². The Kier molecular flexibility index (Phi) is 2.21. The van der Waals surface area contributed by atoms with E-state index < -0.39 is 0 Å². The molecule has 1 N–H and O–H groups in total. The molecular weight excluding hydrogens is 214 g/mol. The van der Waals surface area contributed by atoms with E-state index in [0.717, 1.165) is 34.6 Å². The van der Waals surface area contributed by atoms with Crippen molar-refractivity contribution in [1.29, 1.82) is 0 Å². The van der Waals surface area contributed by atoms with Gasteiger partial charge in [0.15, 0.2) is 12.0 Å². The van der Waals surface area contributed by atoms with Crippen molar-refractivity contribution in [3.05, 3.63) is 36.1 Å². The predicted octanol–water partition coefficient (Wildman–Crippen LogP) is 3.09. The number of nitrogens with one attached hydrogen (secondary N) is 1. The molecule has 0 atom stereocenters. The number of aryl methyl sites for hydroxylation is 2. The fraction of sp³-hybridized carbons (Fsp3) is 0.231. The Morgan fingerprint density at radius 1 is 1.29 bits per heavy atom. The third-order valence-corrected chi connectivity index (χ3v) is 2.94. The van der Waals surface area contributed by atoms with Gasteiger partial charge in [0.2, 0.25) is 0 Å². The van der Waals surface area contributed by atoms with Crippen molar-refractivity contribution < 1.29 is 4.42 Å². The van der Waals surface area contributed by atoms with E-state index in [-0.39, 0.29) is 0 Å². The maximum absolute atomic E-state index is 5.46. The van der Waals surface area contributed by atoms with Crippen LogP contribution in [0.5, 0.6) is 0 Å². The number of oxazole rings is 1. The Labute approximate surface area is 98.7 Å². The summed E-state index contributed by atoms with van der Waals surface area (Å²) < 4.78 is 5.46. The molecule has 17 heavy (non-hydrogen) atoms. The highest BCUT2D eigenvalue weighted by Gasteiger charge is 2.12. The molecule has 0 radical (unpaired) electrons. The number of aromatic amines is 1. The minimum absolute atomic E-state index is 0.872. The summed E-state index contributed by atoms with van der Waals surface area (Å²) in [5.74, 6) is 0.899. The van der Waals surface area contributed by atoms with Crippen LogP contribution in [0.3, 0.4) is 0 Å². The molecule has 0 amide bonds. The van der Waals surface area contributed by atoms with Crippen molar-refractivity contribution >= 4 is 11.1 Å². The summed E-state index contributed by atoms with van der Waals surface area (Å²) in [7, 11) is 0. The van der Waals surface area contributed by atoms with Crippen LogP contribution in [0.4, 0.5) is 0 Å². The largest absolute Gasteiger partial charge is 0.443 e. The van der Waals surface area contributed by atoms with Gasteiger partial charge in [0.1, 0.15) is 11.3 Å². The van der Waals surface area contributed by atoms with Crippen LogP contribution in [0.15, 0.2) is 29.1 Å². The molecule has 3 rings (SSSR count). The van der Waals surface area contributed by atoms with Crippen LogP contribution < -0.4 is 0 Å². The van der Waals surface area contributed by atoms with Gasteiger partial charge in [-0.2, -0.15) is 0 Å². The van der Waals surface area contributed by atoms with Gasteiger partial charge in [0.05, 0.1) is 11.9 Å². The first-order valence-corrected chi connectivity index (χ1v) is 5.66. The molecule has 4 nitrogen and oxygen atoms in total. The second-order valence-corrected chi connectivity index (χ2v) is 4.04. The predicted molar refractivity (Wildman–Crippen MR) is 65.7 cm³/mol. The zero-order chi connectivity index (χ0) is 11.8. The molecule has 0 bridgehead atoms. The Balaban J connectivity index is 2.27. The van der Waals surface area contributed by atoms with Crippen molar-refractivity contribution in [3.8, 4) is 11.3 Å². The van der Waals surface area contributed by atoms with E-state index in [1.807, 2.05) is 13.1 Å². The van der Waals surface area contributed by atoms with Crippen molar-refractivity contribution in [3.63, 3.8) is 0 Å². The normalized spacial score (nSPS) is 11.2. The van der Waals surface area contributed by atoms with Crippen LogP contribution in [0.2, 0.25) is 0 Å². The fourth-order valence-electron chi connectivity index (χ4n) is 2.06. The molecule has 86 valence electrons. The highest BCUT2D eigenvalue weighted by Crippen LogP contribution is 2.29. The van der Waals surface area contributed by atoms with Crippen molar-refractivity contribution in [1.82, 2.24) is 15.0 Å². The van der Waals surface area contributed by atoms with Crippen molar-refractivity contribution in [2.24, 2.45) is 0 Å². The zero-order valence-corrected chi connectivity index (χ0v) is 9.82. The van der Waals surface area contributed by atoms with Crippen molar-refractivity contribution in [2.75, 3.05) is 0 Å². The first-order chi connectivity index (χ1) is 8.29. The maximum Gasteiger partial charge on any atom is 0.182 e. The number of fused-ring (bicyclic) bond motifs is 1. The maximum atomic E-state index is 5.46. The van der Waals surface area contributed by atoms with E-state index >= 15 is 0 Å². The van der Waals surface area contributed by atoms with Crippen LogP contribution in [-0.2, 0) is 6.42 Å². The summed E-state index contributed by atoms with van der Waals surface area (Å²) in [6, 6.07) is 4.15. The van der Waals surface area contributed by atoms with E-state index in [0.29, 0.717) is 0 Å². The van der Waals surface area contributed by atoms with Gasteiger partial charge in [-0.15, -0.1) is 0 Å². The number of imidazole rings is 1. The summed E-state index contributed by atoms with van der Waals surface area (Å²) in [6.45, 7) is 4.04. The number of benzene rings is 1. The van der Waals surface area contributed by atoms with Gasteiger partial charge in [-0.05, 0) is 18.9 Å². The van der Waals surface area contributed by atoms with Gasteiger partial charge < -0.3 is 9.40 Å². The lowest BCUT2D eigenvalue weighted by Gasteiger charge is -2.02. The molecule has 0 spiro atoms. The van der Waals surface area contributed by atoms with E-state index in [2.05, 4.69) is 34.0 Å². The molecule has 0 aliphatic rings. The quantitative estimate of drug-likeness (QED) is 0.731. The Hall–Kier alpha value is -2.10. The second-order valence-electron chi connectivity index (χ2n) is 4.04. The average Bonchev–Trinajstić information content (AvgIpc) is 2.96. The number of hydrogen-bond acceptors (Lipinski definition) is 3. The summed E-state index contributed by atoms with van der Waals surface area (Å²) in [5.41, 5.74) is 4.96. The van der Waals surface area contributed by atoms with Gasteiger partial charge in [-0.3, -0.25) is 0 Å². The van der Waals surface area contributed by atoms with E-state index in [1.54, 1.807) is 0 Å². The molecular formula is C13H13N3O. The van der Waals surface area contributed by atoms with Crippen LogP contribution in [0.25, 0.3) is 22.4 Å². The first kappa shape index (κ1) is 10.1. The monoisotopic (exact) mass is 227 g/mol. The number of H-pyrrole nitrogens is 1. The Bertz CT molecular complexity index is 666. The Morgan fingerprint density at radius 2 is 2.18 bits per heavy atom. The van der Waals surface area contributed by atoms with Gasteiger partial charge in [-0.25, -0.2) is 9.97 Å². The molecule has 2 heterocycles. The van der Waals surface area contributed by atoms with Gasteiger partial charge >= 0.3 is 0 Å². The number of rotatable bonds is 2. The second kappa shape index (κ2) is 3.73. The molecule has 0 saturated carbocycles. The number of nitrogens with zero attached hydrogens (tertiary/aromatic N) is 2. The van der Waals surface area contributed by atoms with Crippen LogP contribution in [-0.4, -0.2) is 15.0 Å². The average molecular weight is 227 g/mol. The molecule has 0 unspecified atom stereocenters. The highest BCUT2D eigenvalue weighted by atomic mass is 16.3. The van der Waals surface area contributed by atoms with Crippen LogP contribution >= 0.6 is 0 Å². The van der Waals surface area contributed by atoms with E-state index in [1.165, 1.54) is 12.0 Å². The molecule has 4 heteroatoms. The van der Waals surface area contributed by atoms with Crippen molar-refractivity contribution in [2.45, 2.75) is 20.3 Å². The zero-order valence-electron chi connectivity index (χ0n) is 9.82. The highest BCUT2D eigenvalue weighted by molar-refractivity contribution is 5.91. The molecule has 1 aromatic carbocycles. The number of aromatic nitrogens is 3. The summed E-state index contributed by atoms with van der Waals surface area (Å²) in [4.78, 5) is 11.7. The lowest BCUT2D eigenvalue weighted by Crippen LogP contribution is -1.86. The van der Waals surface area contributed by atoms with Gasteiger partial charge in [-0.1, -0.05) is 19.1 Å². The minimum atomic E-state index is 0.872. The lowest BCUT2D eigenvalue weighted by atomic mass is 10.1. The van der Waals surface area contributed by atoms with E-state index in [4.69, 9.17) is 4.42 Å². The topological polar surface area (TPSA) is 54.7 Å². The number of hydrogen-bond donors (Lipinski definition) is 1. The van der Waals surface area contributed by atoms with Gasteiger partial charge in [0, 0.05) is 5.56 Å². The minimum Gasteiger partial charge on any atom is -0.443 e. The first-order valence-electron chi connectivity index (χ1n) is 5.66. The summed E-state index contributed by atoms with van der Waals surface area (Å²) in [6.07, 6.45) is 4.26.